The van der Waals surface area contributed by atoms with Gasteiger partial charge >= 0.3 is 0 Å². The summed E-state index contributed by atoms with van der Waals surface area (Å²) in [6.07, 6.45) is 5.52. The lowest BCUT2D eigenvalue weighted by molar-refractivity contribution is 0.284. The predicted molar refractivity (Wildman–Crippen MR) is 95.0 cm³/mol. The van der Waals surface area contributed by atoms with E-state index < -0.39 is 0 Å². The summed E-state index contributed by atoms with van der Waals surface area (Å²) < 4.78 is 7.31. The summed E-state index contributed by atoms with van der Waals surface area (Å²) in [5, 5.41) is 3.54. The van der Waals surface area contributed by atoms with E-state index in [1.807, 2.05) is 0 Å². The number of nitrogens with zero attached hydrogens (tertiary/aromatic N) is 1. The molecule has 0 unspecified atom stereocenters. The summed E-state index contributed by atoms with van der Waals surface area (Å²) in [5.41, 5.74) is 1.26. The molecule has 1 aliphatic rings. The third kappa shape index (κ3) is 5.55. The second-order valence-electron chi connectivity index (χ2n) is 5.53. The van der Waals surface area contributed by atoms with Crippen LogP contribution in [0.25, 0.3) is 0 Å². The van der Waals surface area contributed by atoms with Crippen molar-refractivity contribution in [3.05, 3.63) is 26.6 Å². The molecule has 0 aliphatic carbocycles. The SMILES string of the molecule is COc1c(Br)cc(CNCCN2CCCCCC2)cc1Br. The normalized spacial score (nSPS) is 16.7. The van der Waals surface area contributed by atoms with Crippen molar-refractivity contribution in [2.24, 2.45) is 0 Å². The van der Waals surface area contributed by atoms with Gasteiger partial charge in [-0.05, 0) is 75.5 Å². The van der Waals surface area contributed by atoms with Crippen molar-refractivity contribution >= 4 is 31.9 Å². The third-order valence-corrected chi connectivity index (χ3v) is 5.07. The maximum absolute atomic E-state index is 5.33. The van der Waals surface area contributed by atoms with E-state index in [9.17, 15) is 0 Å². The van der Waals surface area contributed by atoms with E-state index >= 15 is 0 Å². The van der Waals surface area contributed by atoms with Gasteiger partial charge in [0.2, 0.25) is 0 Å². The molecule has 0 bridgehead atoms. The molecule has 0 radical (unpaired) electrons. The Morgan fingerprint density at radius 1 is 1.10 bits per heavy atom. The molecule has 1 saturated heterocycles. The van der Waals surface area contributed by atoms with E-state index in [1.165, 1.54) is 44.3 Å². The number of ether oxygens (including phenoxy) is 1. The van der Waals surface area contributed by atoms with Gasteiger partial charge in [-0.1, -0.05) is 12.8 Å². The second-order valence-corrected chi connectivity index (χ2v) is 7.23. The first-order valence-electron chi connectivity index (χ1n) is 7.65. The molecular weight excluding hydrogens is 396 g/mol. The van der Waals surface area contributed by atoms with Gasteiger partial charge in [-0.15, -0.1) is 0 Å². The maximum Gasteiger partial charge on any atom is 0.147 e. The molecule has 0 saturated carbocycles. The average molecular weight is 420 g/mol. The average Bonchev–Trinajstić information content (AvgIpc) is 2.72. The molecule has 2 rings (SSSR count). The number of hydrogen-bond donors (Lipinski definition) is 1. The van der Waals surface area contributed by atoms with Gasteiger partial charge in [0.25, 0.3) is 0 Å². The van der Waals surface area contributed by atoms with Crippen molar-refractivity contribution in [2.45, 2.75) is 32.2 Å². The van der Waals surface area contributed by atoms with E-state index in [1.54, 1.807) is 7.11 Å². The van der Waals surface area contributed by atoms with Crippen LogP contribution in [0.5, 0.6) is 5.75 Å². The van der Waals surface area contributed by atoms with E-state index in [0.29, 0.717) is 0 Å². The summed E-state index contributed by atoms with van der Waals surface area (Å²) in [7, 11) is 1.68. The van der Waals surface area contributed by atoms with Crippen LogP contribution in [0.1, 0.15) is 31.2 Å². The largest absolute Gasteiger partial charge is 0.494 e. The Labute approximate surface area is 144 Å². The van der Waals surface area contributed by atoms with Crippen LogP contribution >= 0.6 is 31.9 Å². The molecular formula is C16H24Br2N2O. The zero-order valence-electron chi connectivity index (χ0n) is 12.6. The monoisotopic (exact) mass is 418 g/mol. The highest BCUT2D eigenvalue weighted by Gasteiger charge is 2.09. The lowest BCUT2D eigenvalue weighted by Gasteiger charge is -2.19. The molecule has 0 spiro atoms. The lowest BCUT2D eigenvalue weighted by atomic mass is 10.2. The molecule has 1 heterocycles. The zero-order chi connectivity index (χ0) is 15.1. The van der Waals surface area contributed by atoms with E-state index in [0.717, 1.165) is 34.3 Å². The highest BCUT2D eigenvalue weighted by atomic mass is 79.9. The highest BCUT2D eigenvalue weighted by Crippen LogP contribution is 2.34. The highest BCUT2D eigenvalue weighted by molar-refractivity contribution is 9.11. The molecule has 1 N–H and O–H groups in total. The molecule has 0 atom stereocenters. The topological polar surface area (TPSA) is 24.5 Å². The molecule has 3 nitrogen and oxygen atoms in total. The minimum absolute atomic E-state index is 0.850. The summed E-state index contributed by atoms with van der Waals surface area (Å²) >= 11 is 7.09. The van der Waals surface area contributed by atoms with Crippen molar-refractivity contribution in [1.29, 1.82) is 0 Å². The number of hydrogen-bond acceptors (Lipinski definition) is 3. The fraction of sp³-hybridized carbons (Fsp3) is 0.625. The van der Waals surface area contributed by atoms with Crippen molar-refractivity contribution in [3.8, 4) is 5.75 Å². The minimum atomic E-state index is 0.850. The number of nitrogens with one attached hydrogen (secondary N) is 1. The van der Waals surface area contributed by atoms with Crippen LogP contribution in [0.3, 0.4) is 0 Å². The summed E-state index contributed by atoms with van der Waals surface area (Å²) in [6.45, 7) is 5.61. The number of rotatable bonds is 6. The first kappa shape index (κ1) is 17.3. The van der Waals surface area contributed by atoms with E-state index in [-0.39, 0.29) is 0 Å². The minimum Gasteiger partial charge on any atom is -0.494 e. The van der Waals surface area contributed by atoms with Gasteiger partial charge in [0.1, 0.15) is 5.75 Å². The zero-order valence-corrected chi connectivity index (χ0v) is 15.8. The van der Waals surface area contributed by atoms with Crippen LogP contribution in [0.15, 0.2) is 21.1 Å². The van der Waals surface area contributed by atoms with Crippen LogP contribution in [0, 0.1) is 0 Å². The Kier molecular flexibility index (Phi) is 7.50. The van der Waals surface area contributed by atoms with Crippen molar-refractivity contribution in [3.63, 3.8) is 0 Å². The van der Waals surface area contributed by atoms with Crippen LogP contribution < -0.4 is 10.1 Å². The molecule has 1 aromatic rings. The van der Waals surface area contributed by atoms with Crippen LogP contribution in [0.4, 0.5) is 0 Å². The maximum atomic E-state index is 5.33. The van der Waals surface area contributed by atoms with Gasteiger partial charge < -0.3 is 15.0 Å². The number of halogens is 2. The van der Waals surface area contributed by atoms with E-state index in [2.05, 4.69) is 54.2 Å². The van der Waals surface area contributed by atoms with Gasteiger partial charge in [-0.25, -0.2) is 0 Å². The lowest BCUT2D eigenvalue weighted by Crippen LogP contribution is -2.32. The molecule has 118 valence electrons. The summed E-state index contributed by atoms with van der Waals surface area (Å²) in [6, 6.07) is 4.23. The quantitative estimate of drug-likeness (QED) is 0.699. The van der Waals surface area contributed by atoms with Gasteiger partial charge in [0, 0.05) is 19.6 Å². The Bertz CT molecular complexity index is 423. The Morgan fingerprint density at radius 2 is 1.71 bits per heavy atom. The first-order chi connectivity index (χ1) is 10.2. The smallest absolute Gasteiger partial charge is 0.147 e. The van der Waals surface area contributed by atoms with Crippen molar-refractivity contribution in [1.82, 2.24) is 10.2 Å². The molecule has 5 heteroatoms. The standard InChI is InChI=1S/C16H24Br2N2O/c1-21-16-14(17)10-13(11-15(16)18)12-19-6-9-20-7-4-2-3-5-8-20/h10-11,19H,2-9,12H2,1H3. The summed E-state index contributed by atoms with van der Waals surface area (Å²) in [4.78, 5) is 2.58. The molecule has 1 fully saturated rings. The number of likely N-dealkylation sites (tertiary alicyclic amines) is 1. The fourth-order valence-corrected chi connectivity index (χ4v) is 4.34. The van der Waals surface area contributed by atoms with Gasteiger partial charge in [0.05, 0.1) is 16.1 Å². The van der Waals surface area contributed by atoms with Crippen molar-refractivity contribution < 1.29 is 4.74 Å². The van der Waals surface area contributed by atoms with Gasteiger partial charge in [-0.2, -0.15) is 0 Å². The first-order valence-corrected chi connectivity index (χ1v) is 9.24. The Hall–Kier alpha value is -0.100. The molecule has 0 aromatic heterocycles. The second kappa shape index (κ2) is 9.13. The molecule has 1 aromatic carbocycles. The third-order valence-electron chi connectivity index (χ3n) is 3.89. The molecule has 0 amide bonds. The number of methoxy groups -OCH3 is 1. The van der Waals surface area contributed by atoms with Crippen molar-refractivity contribution in [2.75, 3.05) is 33.3 Å². The van der Waals surface area contributed by atoms with Crippen LogP contribution in [-0.4, -0.2) is 38.2 Å². The number of benzene rings is 1. The van der Waals surface area contributed by atoms with Gasteiger partial charge in [0.15, 0.2) is 0 Å². The Balaban J connectivity index is 1.75. The van der Waals surface area contributed by atoms with Crippen LogP contribution in [0.2, 0.25) is 0 Å². The van der Waals surface area contributed by atoms with E-state index in [4.69, 9.17) is 4.74 Å². The van der Waals surface area contributed by atoms with Gasteiger partial charge in [-0.3, -0.25) is 0 Å². The fourth-order valence-electron chi connectivity index (χ4n) is 2.74. The summed E-state index contributed by atoms with van der Waals surface area (Å²) in [5.74, 6) is 0.850. The predicted octanol–water partition coefficient (Wildman–Crippen LogP) is 4.19. The van der Waals surface area contributed by atoms with Crippen LogP contribution in [-0.2, 0) is 6.54 Å². The molecule has 1 aliphatic heterocycles. The molecule has 21 heavy (non-hydrogen) atoms. The Morgan fingerprint density at radius 3 is 2.29 bits per heavy atom.